The van der Waals surface area contributed by atoms with Gasteiger partial charge in [0.1, 0.15) is 6.04 Å². The van der Waals surface area contributed by atoms with E-state index in [4.69, 9.17) is 22.4 Å². The molecule has 7 heteroatoms. The van der Waals surface area contributed by atoms with Crippen molar-refractivity contribution in [3.8, 4) is 0 Å². The van der Waals surface area contributed by atoms with Crippen LogP contribution in [0.2, 0.25) is 0 Å². The van der Waals surface area contributed by atoms with Gasteiger partial charge in [0.05, 0.1) is 6.42 Å². The summed E-state index contributed by atoms with van der Waals surface area (Å²) in [5.74, 6) is -2.39. The highest BCUT2D eigenvalue weighted by Gasteiger charge is 2.22. The van der Waals surface area contributed by atoms with Crippen LogP contribution in [-0.2, 0) is 9.59 Å². The zero-order valence-electron chi connectivity index (χ0n) is 10.0. The predicted molar refractivity (Wildman–Crippen MR) is 69.4 cm³/mol. The van der Waals surface area contributed by atoms with Crippen LogP contribution in [0, 0.1) is 0 Å². The van der Waals surface area contributed by atoms with Gasteiger partial charge in [0.2, 0.25) is 0 Å². The molecule has 1 aliphatic rings. The van der Waals surface area contributed by atoms with Crippen molar-refractivity contribution in [2.75, 3.05) is 0 Å². The average Bonchev–Trinajstić information content (AvgIpc) is 2.28. The van der Waals surface area contributed by atoms with E-state index in [1.807, 2.05) is 0 Å². The first-order valence-electron chi connectivity index (χ1n) is 6.00. The summed E-state index contributed by atoms with van der Waals surface area (Å²) < 4.78 is 0. The van der Waals surface area contributed by atoms with Gasteiger partial charge in [0.25, 0.3) is 0 Å². The average molecular weight is 274 g/mol. The first-order chi connectivity index (χ1) is 8.49. The molecular formula is C11H18N2O4S. The second-order valence-electron chi connectivity index (χ2n) is 4.44. The molecule has 1 rings (SSSR count). The number of carboxylic acid groups (broad SMARTS) is 2. The molecule has 0 radical (unpaired) electrons. The van der Waals surface area contributed by atoms with Gasteiger partial charge in [-0.25, -0.2) is 4.79 Å². The van der Waals surface area contributed by atoms with Gasteiger partial charge in [-0.15, -0.1) is 0 Å². The molecule has 1 saturated carbocycles. The number of aliphatic carboxylic acids is 2. The van der Waals surface area contributed by atoms with Crippen molar-refractivity contribution in [2.24, 2.45) is 0 Å². The molecule has 4 N–H and O–H groups in total. The zero-order valence-corrected chi connectivity index (χ0v) is 10.8. The van der Waals surface area contributed by atoms with Gasteiger partial charge in [-0.05, 0) is 25.1 Å². The van der Waals surface area contributed by atoms with E-state index in [9.17, 15) is 9.59 Å². The molecule has 0 saturated heterocycles. The smallest absolute Gasteiger partial charge is 0.326 e. The number of nitrogens with one attached hydrogen (secondary N) is 2. The van der Waals surface area contributed by atoms with Crippen molar-refractivity contribution in [1.29, 1.82) is 0 Å². The molecule has 18 heavy (non-hydrogen) atoms. The molecule has 0 aromatic heterocycles. The van der Waals surface area contributed by atoms with Crippen LogP contribution in [0.5, 0.6) is 0 Å². The third kappa shape index (κ3) is 5.31. The highest BCUT2D eigenvalue weighted by atomic mass is 32.1. The van der Waals surface area contributed by atoms with E-state index in [1.165, 1.54) is 6.42 Å². The van der Waals surface area contributed by atoms with Crippen LogP contribution in [-0.4, -0.2) is 39.3 Å². The Hall–Kier alpha value is -1.37. The minimum Gasteiger partial charge on any atom is -0.481 e. The maximum Gasteiger partial charge on any atom is 0.326 e. The molecule has 1 fully saturated rings. The Kier molecular flexibility index (Phi) is 5.84. The van der Waals surface area contributed by atoms with Crippen molar-refractivity contribution < 1.29 is 19.8 Å². The normalized spacial score (nSPS) is 17.8. The molecule has 0 unspecified atom stereocenters. The molecule has 0 aromatic rings. The van der Waals surface area contributed by atoms with Crippen molar-refractivity contribution in [3.05, 3.63) is 0 Å². The van der Waals surface area contributed by atoms with E-state index in [1.54, 1.807) is 0 Å². The second kappa shape index (κ2) is 7.15. The molecule has 0 aromatic carbocycles. The molecular weight excluding hydrogens is 256 g/mol. The van der Waals surface area contributed by atoms with E-state index in [-0.39, 0.29) is 11.2 Å². The van der Waals surface area contributed by atoms with Crippen LogP contribution in [0.4, 0.5) is 0 Å². The Morgan fingerprint density at radius 2 is 1.83 bits per heavy atom. The number of hydrogen-bond donors (Lipinski definition) is 4. The van der Waals surface area contributed by atoms with Gasteiger partial charge in [-0.3, -0.25) is 4.79 Å². The van der Waals surface area contributed by atoms with Gasteiger partial charge in [-0.2, -0.15) is 0 Å². The minimum atomic E-state index is -1.22. The fourth-order valence-electron chi connectivity index (χ4n) is 2.01. The summed E-state index contributed by atoms with van der Waals surface area (Å²) in [6.45, 7) is 0. The summed E-state index contributed by atoms with van der Waals surface area (Å²) in [5.41, 5.74) is 0. The Morgan fingerprint density at radius 3 is 2.33 bits per heavy atom. The Bertz CT molecular complexity index is 329. The highest BCUT2D eigenvalue weighted by molar-refractivity contribution is 7.80. The van der Waals surface area contributed by atoms with E-state index in [0.29, 0.717) is 0 Å². The van der Waals surface area contributed by atoms with Crippen molar-refractivity contribution in [3.63, 3.8) is 0 Å². The van der Waals surface area contributed by atoms with Crippen molar-refractivity contribution in [1.82, 2.24) is 10.6 Å². The summed E-state index contributed by atoms with van der Waals surface area (Å²) in [4.78, 5) is 21.4. The van der Waals surface area contributed by atoms with Crippen molar-refractivity contribution in [2.45, 2.75) is 50.6 Å². The number of rotatable bonds is 5. The lowest BCUT2D eigenvalue weighted by atomic mass is 9.96. The predicted octanol–water partition coefficient (Wildman–Crippen LogP) is 0.711. The fourth-order valence-corrected chi connectivity index (χ4v) is 2.32. The summed E-state index contributed by atoms with van der Waals surface area (Å²) in [6.07, 6.45) is 5.02. The molecule has 0 amide bonds. The molecule has 102 valence electrons. The molecule has 0 heterocycles. The lowest BCUT2D eigenvalue weighted by Crippen LogP contribution is -2.49. The second-order valence-corrected chi connectivity index (χ2v) is 4.85. The standard InChI is InChI=1S/C11H18N2O4S/c14-9(15)6-8(10(16)17)13-11(18)12-7-4-2-1-3-5-7/h7-8H,1-6H2,(H,14,15)(H,16,17)(H2,12,13,18)/t8-/m1/s1. The third-order valence-electron chi connectivity index (χ3n) is 2.92. The van der Waals surface area contributed by atoms with E-state index < -0.39 is 24.4 Å². The van der Waals surface area contributed by atoms with Crippen LogP contribution < -0.4 is 10.6 Å². The number of carbonyl (C=O) groups is 2. The van der Waals surface area contributed by atoms with Crippen LogP contribution in [0.15, 0.2) is 0 Å². The van der Waals surface area contributed by atoms with E-state index in [0.717, 1.165) is 25.7 Å². The largest absolute Gasteiger partial charge is 0.481 e. The minimum absolute atomic E-state index is 0.218. The highest BCUT2D eigenvalue weighted by Crippen LogP contribution is 2.17. The van der Waals surface area contributed by atoms with Crippen LogP contribution >= 0.6 is 12.2 Å². The SMILES string of the molecule is O=C(O)C[C@@H](NC(=S)NC1CCCCC1)C(=O)O. The molecule has 6 nitrogen and oxygen atoms in total. The Morgan fingerprint density at radius 1 is 1.22 bits per heavy atom. The summed E-state index contributed by atoms with van der Waals surface area (Å²) >= 11 is 5.00. The first-order valence-corrected chi connectivity index (χ1v) is 6.41. The summed E-state index contributed by atoms with van der Waals surface area (Å²) in [6, 6.07) is -0.927. The topological polar surface area (TPSA) is 98.7 Å². The molecule has 0 spiro atoms. The first kappa shape index (κ1) is 14.7. The van der Waals surface area contributed by atoms with Crippen LogP contribution in [0.1, 0.15) is 38.5 Å². The lowest BCUT2D eigenvalue weighted by molar-refractivity contribution is -0.145. The van der Waals surface area contributed by atoms with Gasteiger partial charge >= 0.3 is 11.9 Å². The fraction of sp³-hybridized carbons (Fsp3) is 0.727. The quantitative estimate of drug-likeness (QED) is 0.548. The molecule has 0 aliphatic heterocycles. The van der Waals surface area contributed by atoms with Crippen LogP contribution in [0.3, 0.4) is 0 Å². The molecule has 1 atom stereocenters. The number of thiocarbonyl (C=S) groups is 1. The summed E-state index contributed by atoms with van der Waals surface area (Å²) in [5, 5.41) is 23.3. The van der Waals surface area contributed by atoms with E-state index in [2.05, 4.69) is 10.6 Å². The van der Waals surface area contributed by atoms with Gasteiger partial charge in [-0.1, -0.05) is 19.3 Å². The molecule has 1 aliphatic carbocycles. The molecule has 0 bridgehead atoms. The maximum atomic E-state index is 10.8. The monoisotopic (exact) mass is 274 g/mol. The van der Waals surface area contributed by atoms with Gasteiger partial charge < -0.3 is 20.8 Å². The lowest BCUT2D eigenvalue weighted by Gasteiger charge is -2.25. The number of carboxylic acids is 2. The number of hydrogen-bond acceptors (Lipinski definition) is 3. The zero-order chi connectivity index (χ0) is 13.5. The van der Waals surface area contributed by atoms with E-state index >= 15 is 0 Å². The Labute approximate surface area is 111 Å². The van der Waals surface area contributed by atoms with Crippen molar-refractivity contribution >= 4 is 29.3 Å². The van der Waals surface area contributed by atoms with Gasteiger partial charge in [0, 0.05) is 6.04 Å². The Balaban J connectivity index is 2.40. The van der Waals surface area contributed by atoms with Gasteiger partial charge in [0.15, 0.2) is 5.11 Å². The summed E-state index contributed by atoms with van der Waals surface area (Å²) in [7, 11) is 0. The third-order valence-corrected chi connectivity index (χ3v) is 3.16. The maximum absolute atomic E-state index is 10.8. The van der Waals surface area contributed by atoms with Crippen LogP contribution in [0.25, 0.3) is 0 Å².